The normalized spacial score (nSPS) is 23.7. The van der Waals surface area contributed by atoms with E-state index in [4.69, 9.17) is 4.74 Å². The SMILES string of the molecule is COc1cccc(C(=O)C2CCC(C)C2)c1F. The molecule has 1 fully saturated rings. The fourth-order valence-corrected chi connectivity index (χ4v) is 2.52. The molecule has 1 aromatic carbocycles. The average molecular weight is 236 g/mol. The molecular formula is C14H17FO2. The first-order valence-electron chi connectivity index (χ1n) is 6.00. The fourth-order valence-electron chi connectivity index (χ4n) is 2.52. The number of rotatable bonds is 3. The Morgan fingerprint density at radius 2 is 2.18 bits per heavy atom. The molecule has 0 N–H and O–H groups in total. The standard InChI is InChI=1S/C14H17FO2/c1-9-6-7-10(8-9)14(16)11-4-3-5-12(17-2)13(11)15/h3-5,9-10H,6-8H2,1-2H3. The lowest BCUT2D eigenvalue weighted by Crippen LogP contribution is -2.13. The molecule has 1 aromatic rings. The van der Waals surface area contributed by atoms with Gasteiger partial charge in [0.05, 0.1) is 12.7 Å². The van der Waals surface area contributed by atoms with Crippen LogP contribution in [-0.4, -0.2) is 12.9 Å². The Balaban J connectivity index is 2.25. The van der Waals surface area contributed by atoms with E-state index < -0.39 is 5.82 Å². The van der Waals surface area contributed by atoms with Crippen molar-refractivity contribution in [3.05, 3.63) is 29.6 Å². The van der Waals surface area contributed by atoms with E-state index in [9.17, 15) is 9.18 Å². The van der Waals surface area contributed by atoms with Gasteiger partial charge in [-0.25, -0.2) is 4.39 Å². The van der Waals surface area contributed by atoms with Gasteiger partial charge in [-0.2, -0.15) is 0 Å². The number of methoxy groups -OCH3 is 1. The lowest BCUT2D eigenvalue weighted by atomic mass is 9.95. The van der Waals surface area contributed by atoms with Crippen LogP contribution in [0.15, 0.2) is 18.2 Å². The van der Waals surface area contributed by atoms with E-state index in [-0.39, 0.29) is 23.0 Å². The molecule has 0 radical (unpaired) electrons. The molecule has 92 valence electrons. The molecular weight excluding hydrogens is 219 g/mol. The smallest absolute Gasteiger partial charge is 0.175 e. The minimum absolute atomic E-state index is 0.0217. The maximum atomic E-state index is 13.9. The van der Waals surface area contributed by atoms with E-state index in [2.05, 4.69) is 6.92 Å². The highest BCUT2D eigenvalue weighted by Gasteiger charge is 2.30. The van der Waals surface area contributed by atoms with Crippen molar-refractivity contribution in [1.82, 2.24) is 0 Å². The third-order valence-corrected chi connectivity index (χ3v) is 3.51. The number of ketones is 1. The summed E-state index contributed by atoms with van der Waals surface area (Å²) in [6.07, 6.45) is 2.80. The monoisotopic (exact) mass is 236 g/mol. The molecule has 0 bridgehead atoms. The molecule has 0 aliphatic heterocycles. The molecule has 17 heavy (non-hydrogen) atoms. The highest BCUT2D eigenvalue weighted by Crippen LogP contribution is 2.34. The summed E-state index contributed by atoms with van der Waals surface area (Å²) in [7, 11) is 1.41. The van der Waals surface area contributed by atoms with Crippen molar-refractivity contribution in [1.29, 1.82) is 0 Å². The van der Waals surface area contributed by atoms with Crippen molar-refractivity contribution < 1.29 is 13.9 Å². The molecule has 2 unspecified atom stereocenters. The largest absolute Gasteiger partial charge is 0.494 e. The molecule has 0 spiro atoms. The Morgan fingerprint density at radius 1 is 1.41 bits per heavy atom. The van der Waals surface area contributed by atoms with Gasteiger partial charge in [0.1, 0.15) is 0 Å². The van der Waals surface area contributed by atoms with Crippen LogP contribution < -0.4 is 4.74 Å². The molecule has 0 heterocycles. The first kappa shape index (κ1) is 12.1. The van der Waals surface area contributed by atoms with Crippen molar-refractivity contribution in [2.24, 2.45) is 11.8 Å². The molecule has 1 aliphatic rings. The van der Waals surface area contributed by atoms with E-state index in [1.807, 2.05) is 0 Å². The van der Waals surface area contributed by atoms with Crippen LogP contribution in [0.3, 0.4) is 0 Å². The van der Waals surface area contributed by atoms with Crippen molar-refractivity contribution in [3.63, 3.8) is 0 Å². The van der Waals surface area contributed by atoms with E-state index in [0.29, 0.717) is 5.92 Å². The lowest BCUT2D eigenvalue weighted by Gasteiger charge is -2.11. The Hall–Kier alpha value is -1.38. The van der Waals surface area contributed by atoms with Crippen molar-refractivity contribution in [3.8, 4) is 5.75 Å². The molecule has 1 aliphatic carbocycles. The summed E-state index contributed by atoms with van der Waals surface area (Å²) in [6, 6.07) is 4.74. The van der Waals surface area contributed by atoms with Gasteiger partial charge in [-0.15, -0.1) is 0 Å². The van der Waals surface area contributed by atoms with Gasteiger partial charge >= 0.3 is 0 Å². The Kier molecular flexibility index (Phi) is 3.46. The van der Waals surface area contributed by atoms with Gasteiger partial charge in [0.25, 0.3) is 0 Å². The van der Waals surface area contributed by atoms with E-state index in [0.717, 1.165) is 19.3 Å². The topological polar surface area (TPSA) is 26.3 Å². The fraction of sp³-hybridized carbons (Fsp3) is 0.500. The number of benzene rings is 1. The number of Topliss-reactive ketones (excluding diaryl/α,β-unsaturated/α-hetero) is 1. The van der Waals surface area contributed by atoms with Crippen molar-refractivity contribution in [2.75, 3.05) is 7.11 Å². The maximum Gasteiger partial charge on any atom is 0.175 e. The second-order valence-electron chi connectivity index (χ2n) is 4.80. The van der Waals surface area contributed by atoms with Gasteiger partial charge in [0.15, 0.2) is 17.3 Å². The summed E-state index contributed by atoms with van der Waals surface area (Å²) in [5.41, 5.74) is 0.170. The number of carbonyl (C=O) groups is 1. The first-order valence-corrected chi connectivity index (χ1v) is 6.00. The number of carbonyl (C=O) groups excluding carboxylic acids is 1. The molecule has 0 saturated heterocycles. The summed E-state index contributed by atoms with van der Waals surface area (Å²) in [5.74, 6) is 0.0800. The van der Waals surface area contributed by atoms with E-state index >= 15 is 0 Å². The van der Waals surface area contributed by atoms with Crippen LogP contribution in [0.5, 0.6) is 5.75 Å². The molecule has 0 aromatic heterocycles. The zero-order chi connectivity index (χ0) is 12.4. The number of halogens is 1. The predicted octanol–water partition coefficient (Wildman–Crippen LogP) is 3.45. The summed E-state index contributed by atoms with van der Waals surface area (Å²) in [4.78, 5) is 12.2. The van der Waals surface area contributed by atoms with Crippen molar-refractivity contribution in [2.45, 2.75) is 26.2 Å². The van der Waals surface area contributed by atoms with Crippen LogP contribution in [0.4, 0.5) is 4.39 Å². The van der Waals surface area contributed by atoms with Crippen LogP contribution in [0.2, 0.25) is 0 Å². The Labute approximate surface area is 101 Å². The molecule has 3 heteroatoms. The van der Waals surface area contributed by atoms with Crippen LogP contribution >= 0.6 is 0 Å². The third kappa shape index (κ3) is 2.33. The van der Waals surface area contributed by atoms with E-state index in [1.165, 1.54) is 13.2 Å². The van der Waals surface area contributed by atoms with Crippen LogP contribution in [0.25, 0.3) is 0 Å². The minimum atomic E-state index is -0.528. The van der Waals surface area contributed by atoms with Crippen LogP contribution in [0.1, 0.15) is 36.5 Å². The third-order valence-electron chi connectivity index (χ3n) is 3.51. The predicted molar refractivity (Wildman–Crippen MR) is 63.8 cm³/mol. The molecule has 2 rings (SSSR count). The molecule has 2 nitrogen and oxygen atoms in total. The zero-order valence-electron chi connectivity index (χ0n) is 10.2. The van der Waals surface area contributed by atoms with Gasteiger partial charge in [0.2, 0.25) is 0 Å². The van der Waals surface area contributed by atoms with Crippen LogP contribution in [-0.2, 0) is 0 Å². The van der Waals surface area contributed by atoms with Gasteiger partial charge in [-0.05, 0) is 37.3 Å². The second kappa shape index (κ2) is 4.86. The number of hydrogen-bond acceptors (Lipinski definition) is 2. The second-order valence-corrected chi connectivity index (χ2v) is 4.80. The maximum absolute atomic E-state index is 13.9. The van der Waals surface area contributed by atoms with Gasteiger partial charge < -0.3 is 4.74 Å². The lowest BCUT2D eigenvalue weighted by molar-refractivity contribution is 0.0915. The van der Waals surface area contributed by atoms with Gasteiger partial charge in [0, 0.05) is 5.92 Å². The van der Waals surface area contributed by atoms with Gasteiger partial charge in [-0.3, -0.25) is 4.79 Å². The zero-order valence-corrected chi connectivity index (χ0v) is 10.2. The number of hydrogen-bond donors (Lipinski definition) is 0. The summed E-state index contributed by atoms with van der Waals surface area (Å²) >= 11 is 0. The Bertz CT molecular complexity index is 428. The summed E-state index contributed by atoms with van der Waals surface area (Å²) in [5, 5.41) is 0. The quantitative estimate of drug-likeness (QED) is 0.751. The summed E-state index contributed by atoms with van der Waals surface area (Å²) in [6.45, 7) is 2.13. The molecule has 2 atom stereocenters. The first-order chi connectivity index (χ1) is 8.13. The highest BCUT2D eigenvalue weighted by molar-refractivity contribution is 5.98. The van der Waals surface area contributed by atoms with Gasteiger partial charge in [-0.1, -0.05) is 13.0 Å². The van der Waals surface area contributed by atoms with E-state index in [1.54, 1.807) is 12.1 Å². The van der Waals surface area contributed by atoms with Crippen LogP contribution in [0, 0.1) is 17.7 Å². The average Bonchev–Trinajstić information content (AvgIpc) is 2.75. The molecule has 1 saturated carbocycles. The minimum Gasteiger partial charge on any atom is -0.494 e. The Morgan fingerprint density at radius 3 is 2.76 bits per heavy atom. The highest BCUT2D eigenvalue weighted by atomic mass is 19.1. The summed E-state index contributed by atoms with van der Waals surface area (Å²) < 4.78 is 18.8. The molecule has 0 amide bonds. The van der Waals surface area contributed by atoms with Crippen molar-refractivity contribution >= 4 is 5.78 Å². The number of ether oxygens (including phenoxy) is 1.